The highest BCUT2D eigenvalue weighted by Gasteiger charge is 2.09. The van der Waals surface area contributed by atoms with Crippen molar-refractivity contribution in [2.45, 2.75) is 6.54 Å². The second kappa shape index (κ2) is 7.10. The van der Waals surface area contributed by atoms with Gasteiger partial charge < -0.3 is 15.0 Å². The van der Waals surface area contributed by atoms with E-state index in [2.05, 4.69) is 15.0 Å². The molecule has 0 saturated carbocycles. The first-order chi connectivity index (χ1) is 11.6. The molecule has 24 heavy (non-hydrogen) atoms. The molecule has 0 amide bonds. The molecule has 2 aromatic heterocycles. The van der Waals surface area contributed by atoms with Gasteiger partial charge in [-0.2, -0.15) is 9.97 Å². The van der Waals surface area contributed by atoms with E-state index in [1.165, 1.54) is 0 Å². The van der Waals surface area contributed by atoms with Gasteiger partial charge >= 0.3 is 5.97 Å². The number of aromatic nitrogens is 4. The van der Waals surface area contributed by atoms with Crippen LogP contribution in [-0.4, -0.2) is 32.1 Å². The fourth-order valence-corrected chi connectivity index (χ4v) is 2.32. The van der Waals surface area contributed by atoms with Crippen LogP contribution in [0.4, 0.5) is 5.95 Å². The molecule has 0 unspecified atom stereocenters. The Labute approximate surface area is 142 Å². The van der Waals surface area contributed by atoms with Crippen LogP contribution < -0.4 is 5.73 Å². The Morgan fingerprint density at radius 3 is 2.83 bits per heavy atom. The molecular formula is C16H14ClN5O2. The number of hydrogen-bond acceptors (Lipinski definition) is 6. The summed E-state index contributed by atoms with van der Waals surface area (Å²) in [7, 11) is 0. The Hall–Kier alpha value is -2.93. The zero-order valence-corrected chi connectivity index (χ0v) is 13.3. The van der Waals surface area contributed by atoms with Gasteiger partial charge in [0.2, 0.25) is 5.95 Å². The van der Waals surface area contributed by atoms with Gasteiger partial charge in [-0.25, -0.2) is 9.78 Å². The summed E-state index contributed by atoms with van der Waals surface area (Å²) in [6.45, 7) is 0.671. The van der Waals surface area contributed by atoms with Crippen LogP contribution in [0.2, 0.25) is 5.15 Å². The third kappa shape index (κ3) is 3.52. The van der Waals surface area contributed by atoms with E-state index in [4.69, 9.17) is 22.1 Å². The van der Waals surface area contributed by atoms with Crippen molar-refractivity contribution in [1.29, 1.82) is 0 Å². The normalized spacial score (nSPS) is 11.2. The fourth-order valence-electron chi connectivity index (χ4n) is 2.10. The lowest BCUT2D eigenvalue weighted by molar-refractivity contribution is 0.0549. The lowest BCUT2D eigenvalue weighted by atomic mass is 10.2. The van der Waals surface area contributed by atoms with Crippen molar-refractivity contribution in [2.24, 2.45) is 0 Å². The Bertz CT molecular complexity index is 892. The molecule has 0 bridgehead atoms. The molecule has 122 valence electrons. The van der Waals surface area contributed by atoms with E-state index < -0.39 is 0 Å². The van der Waals surface area contributed by atoms with E-state index in [-0.39, 0.29) is 23.7 Å². The van der Waals surface area contributed by atoms with Crippen molar-refractivity contribution in [3.05, 3.63) is 59.5 Å². The predicted molar refractivity (Wildman–Crippen MR) is 90.6 cm³/mol. The molecule has 1 aromatic carbocycles. The van der Waals surface area contributed by atoms with Crippen molar-refractivity contribution in [3.63, 3.8) is 0 Å². The monoisotopic (exact) mass is 343 g/mol. The number of imidazole rings is 1. The van der Waals surface area contributed by atoms with Gasteiger partial charge in [0.1, 0.15) is 12.1 Å². The largest absolute Gasteiger partial charge is 0.458 e. The molecule has 0 aliphatic heterocycles. The third-order valence-electron chi connectivity index (χ3n) is 3.23. The first kappa shape index (κ1) is 15.9. The van der Waals surface area contributed by atoms with Gasteiger partial charge in [-0.15, -0.1) is 0 Å². The first-order valence-electron chi connectivity index (χ1n) is 7.16. The minimum absolute atomic E-state index is 0.0926. The molecule has 0 radical (unpaired) electrons. The minimum Gasteiger partial charge on any atom is -0.458 e. The summed E-state index contributed by atoms with van der Waals surface area (Å²) in [5, 5.41) is 0.219. The molecular weight excluding hydrogens is 330 g/mol. The number of esters is 1. The maximum Gasteiger partial charge on any atom is 0.338 e. The molecule has 0 aliphatic rings. The Morgan fingerprint density at radius 1 is 1.25 bits per heavy atom. The summed E-state index contributed by atoms with van der Waals surface area (Å²) < 4.78 is 6.93. The van der Waals surface area contributed by atoms with Crippen LogP contribution in [0, 0.1) is 0 Å². The van der Waals surface area contributed by atoms with Crippen LogP contribution in [0.3, 0.4) is 0 Å². The first-order valence-corrected chi connectivity index (χ1v) is 7.54. The van der Waals surface area contributed by atoms with E-state index in [9.17, 15) is 4.79 Å². The maximum absolute atomic E-state index is 11.8. The number of carbonyl (C=O) groups is 1. The number of hydrogen-bond donors (Lipinski definition) is 1. The van der Waals surface area contributed by atoms with Crippen LogP contribution in [0.1, 0.15) is 10.4 Å². The number of allylic oxidation sites excluding steroid dienone is 1. The van der Waals surface area contributed by atoms with Crippen LogP contribution in [0.15, 0.2) is 48.8 Å². The summed E-state index contributed by atoms with van der Waals surface area (Å²) in [6, 6.07) is 8.83. The van der Waals surface area contributed by atoms with Gasteiger partial charge in [0, 0.05) is 6.54 Å². The molecule has 2 N–H and O–H groups in total. The number of nitrogens with zero attached hydrogens (tertiary/aromatic N) is 4. The maximum atomic E-state index is 11.8. The van der Waals surface area contributed by atoms with Crippen molar-refractivity contribution in [2.75, 3.05) is 12.3 Å². The van der Waals surface area contributed by atoms with Gasteiger partial charge in [0.25, 0.3) is 0 Å². The van der Waals surface area contributed by atoms with Crippen LogP contribution in [0.5, 0.6) is 0 Å². The van der Waals surface area contributed by atoms with E-state index in [0.717, 1.165) is 0 Å². The zero-order chi connectivity index (χ0) is 16.9. The van der Waals surface area contributed by atoms with E-state index in [1.807, 2.05) is 12.1 Å². The number of halogens is 1. The van der Waals surface area contributed by atoms with Crippen LogP contribution in [-0.2, 0) is 11.3 Å². The van der Waals surface area contributed by atoms with Gasteiger partial charge in [-0.1, -0.05) is 35.9 Å². The summed E-state index contributed by atoms with van der Waals surface area (Å²) in [5.41, 5.74) is 7.17. The van der Waals surface area contributed by atoms with Crippen molar-refractivity contribution in [1.82, 2.24) is 19.5 Å². The number of anilines is 1. The Morgan fingerprint density at radius 2 is 2.04 bits per heavy atom. The summed E-state index contributed by atoms with van der Waals surface area (Å²) in [6.07, 6.45) is 5.19. The highest BCUT2D eigenvalue weighted by molar-refractivity contribution is 6.33. The molecule has 0 saturated heterocycles. The van der Waals surface area contributed by atoms with E-state index in [0.29, 0.717) is 23.3 Å². The number of rotatable bonds is 5. The van der Waals surface area contributed by atoms with Gasteiger partial charge in [-0.3, -0.25) is 0 Å². The van der Waals surface area contributed by atoms with Gasteiger partial charge in [-0.05, 0) is 18.2 Å². The fraction of sp³-hybridized carbons (Fsp3) is 0.125. The summed E-state index contributed by atoms with van der Waals surface area (Å²) >= 11 is 5.97. The number of nitrogen functional groups attached to an aromatic ring is 1. The number of carbonyl (C=O) groups excluding carboxylic acids is 1. The molecule has 0 spiro atoms. The third-order valence-corrected chi connectivity index (χ3v) is 3.49. The minimum atomic E-state index is -0.361. The zero-order valence-electron chi connectivity index (χ0n) is 12.6. The summed E-state index contributed by atoms with van der Waals surface area (Å²) in [5.74, 6) is -0.268. The van der Waals surface area contributed by atoms with E-state index in [1.54, 1.807) is 41.2 Å². The predicted octanol–water partition coefficient (Wildman–Crippen LogP) is 2.48. The lowest BCUT2D eigenvalue weighted by Crippen LogP contribution is -2.05. The quantitative estimate of drug-likeness (QED) is 0.434. The topological polar surface area (TPSA) is 95.9 Å². The second-order valence-corrected chi connectivity index (χ2v) is 5.24. The molecule has 2 heterocycles. The van der Waals surface area contributed by atoms with E-state index >= 15 is 0 Å². The number of nitrogens with two attached hydrogens (primary N) is 1. The smallest absolute Gasteiger partial charge is 0.338 e. The Balaban J connectivity index is 1.58. The number of fused-ring (bicyclic) bond motifs is 1. The molecule has 0 atom stereocenters. The molecule has 0 fully saturated rings. The highest BCUT2D eigenvalue weighted by atomic mass is 35.5. The van der Waals surface area contributed by atoms with Crippen molar-refractivity contribution in [3.8, 4) is 0 Å². The van der Waals surface area contributed by atoms with Crippen molar-refractivity contribution < 1.29 is 9.53 Å². The standard InChI is InChI=1S/C16H14ClN5O2/c17-13-12-14(21-16(18)20-13)22(10-19-12)8-4-5-9-24-15(23)11-6-2-1-3-7-11/h1-7,10H,8-9H2,(H2,18,20,21)/b5-4-. The molecule has 3 rings (SSSR count). The highest BCUT2D eigenvalue weighted by Crippen LogP contribution is 2.19. The number of ether oxygens (including phenoxy) is 1. The van der Waals surface area contributed by atoms with Crippen LogP contribution >= 0.6 is 11.6 Å². The van der Waals surface area contributed by atoms with Gasteiger partial charge in [0.05, 0.1) is 11.9 Å². The summed E-state index contributed by atoms with van der Waals surface area (Å²) in [4.78, 5) is 23.9. The molecule has 8 heteroatoms. The van der Waals surface area contributed by atoms with Gasteiger partial charge in [0.15, 0.2) is 10.8 Å². The van der Waals surface area contributed by atoms with Crippen LogP contribution in [0.25, 0.3) is 11.2 Å². The molecule has 3 aromatic rings. The molecule has 0 aliphatic carbocycles. The lowest BCUT2D eigenvalue weighted by Gasteiger charge is -2.02. The molecule has 7 nitrogen and oxygen atoms in total. The average molecular weight is 344 g/mol. The van der Waals surface area contributed by atoms with Crippen molar-refractivity contribution >= 4 is 34.7 Å². The average Bonchev–Trinajstić information content (AvgIpc) is 2.98. The second-order valence-electron chi connectivity index (χ2n) is 4.88. The SMILES string of the molecule is Nc1nc(Cl)c2ncn(C/C=C\COC(=O)c3ccccc3)c2n1. The Kier molecular flexibility index (Phi) is 4.72. The number of benzene rings is 1.